The lowest BCUT2D eigenvalue weighted by atomic mass is 9.81. The molecule has 4 aliphatic rings. The highest BCUT2D eigenvalue weighted by atomic mass is 16.5. The third-order valence-electron chi connectivity index (χ3n) is 7.97. The van der Waals surface area contributed by atoms with Crippen molar-refractivity contribution in [3.63, 3.8) is 0 Å². The van der Waals surface area contributed by atoms with Crippen LogP contribution in [0.25, 0.3) is 5.57 Å². The van der Waals surface area contributed by atoms with Crippen molar-refractivity contribution < 1.29 is 9.53 Å². The molecule has 5 heterocycles. The lowest BCUT2D eigenvalue weighted by molar-refractivity contribution is -0.141. The summed E-state index contributed by atoms with van der Waals surface area (Å²) in [5.41, 5.74) is 2.95. The van der Waals surface area contributed by atoms with E-state index in [-0.39, 0.29) is 0 Å². The van der Waals surface area contributed by atoms with Crippen molar-refractivity contribution in [3.05, 3.63) is 29.6 Å². The largest absolute Gasteiger partial charge is 0.373 e. The number of aromatic nitrogens is 4. The summed E-state index contributed by atoms with van der Waals surface area (Å²) in [6.07, 6.45) is 10.7. The lowest BCUT2D eigenvalue weighted by Crippen LogP contribution is -2.58. The molecule has 1 saturated carbocycles. The number of rotatable bonds is 7. The number of fused-ring (bicyclic) bond motifs is 2. The highest BCUT2D eigenvalue weighted by Gasteiger charge is 2.43. The summed E-state index contributed by atoms with van der Waals surface area (Å²) in [6.45, 7) is 3.15. The summed E-state index contributed by atoms with van der Waals surface area (Å²) >= 11 is 0. The number of anilines is 3. The van der Waals surface area contributed by atoms with Gasteiger partial charge in [-0.3, -0.25) is 9.89 Å². The minimum absolute atomic E-state index is 0.305. The average Bonchev–Trinajstić information content (AvgIpc) is 3.30. The van der Waals surface area contributed by atoms with Gasteiger partial charge in [0.05, 0.1) is 18.9 Å². The maximum absolute atomic E-state index is 13.1. The van der Waals surface area contributed by atoms with E-state index in [1.807, 2.05) is 19.1 Å². The molecule has 0 aromatic carbocycles. The van der Waals surface area contributed by atoms with Crippen molar-refractivity contribution in [3.8, 4) is 0 Å². The van der Waals surface area contributed by atoms with Crippen LogP contribution >= 0.6 is 0 Å². The minimum Gasteiger partial charge on any atom is -0.373 e. The first-order valence-corrected chi connectivity index (χ1v) is 13.0. The second-order valence-corrected chi connectivity index (χ2v) is 10.7. The number of carbonyl (C=O) groups excluding carboxylic acids is 1. The van der Waals surface area contributed by atoms with Crippen LogP contribution in [0, 0.1) is 12.8 Å². The zero-order valence-corrected chi connectivity index (χ0v) is 20.7. The summed E-state index contributed by atoms with van der Waals surface area (Å²) in [4.78, 5) is 27.4. The number of nitrogens with one attached hydrogen (secondary N) is 2. The van der Waals surface area contributed by atoms with Crippen LogP contribution in [0.3, 0.4) is 0 Å². The van der Waals surface area contributed by atoms with Crippen LogP contribution in [0.15, 0.2) is 18.2 Å². The lowest BCUT2D eigenvalue weighted by Gasteiger charge is -2.50. The van der Waals surface area contributed by atoms with E-state index in [4.69, 9.17) is 14.7 Å². The number of piperidine rings is 2. The quantitative estimate of drug-likeness (QED) is 0.625. The number of hydrogen-bond acceptors (Lipinski definition) is 7. The number of nitrogens with zero attached hydrogens (tertiary/aromatic N) is 5. The van der Waals surface area contributed by atoms with Gasteiger partial charge in [-0.05, 0) is 57.8 Å². The van der Waals surface area contributed by atoms with Crippen LogP contribution in [0.2, 0.25) is 0 Å². The SMILES string of the molecule is Cc1cc(Nc2cc(C3=CCOC3)nc(N(C)C3C[C@H]4CCC[C@@H](C3)N4C(=O)CC3CC3)n2)n[nH]1. The van der Waals surface area contributed by atoms with Crippen molar-refractivity contribution in [1.82, 2.24) is 25.1 Å². The molecule has 2 saturated heterocycles. The fraction of sp³-hybridized carbons (Fsp3) is 0.615. The Kier molecular flexibility index (Phi) is 5.96. The molecule has 2 aromatic heterocycles. The molecule has 2 aromatic rings. The van der Waals surface area contributed by atoms with Crippen LogP contribution in [0.5, 0.6) is 0 Å². The Bertz CT molecular complexity index is 1110. The molecule has 1 amide bonds. The zero-order chi connectivity index (χ0) is 23.9. The van der Waals surface area contributed by atoms with Gasteiger partial charge in [-0.15, -0.1) is 0 Å². The van der Waals surface area contributed by atoms with Crippen LogP contribution in [0.1, 0.15) is 62.8 Å². The predicted octanol–water partition coefficient (Wildman–Crippen LogP) is 3.81. The van der Waals surface area contributed by atoms with Crippen LogP contribution < -0.4 is 10.2 Å². The van der Waals surface area contributed by atoms with Gasteiger partial charge in [-0.2, -0.15) is 10.1 Å². The van der Waals surface area contributed by atoms with Gasteiger partial charge < -0.3 is 19.9 Å². The monoisotopic (exact) mass is 477 g/mol. The second-order valence-electron chi connectivity index (χ2n) is 10.7. The van der Waals surface area contributed by atoms with Gasteiger partial charge in [-0.1, -0.05) is 6.08 Å². The van der Waals surface area contributed by atoms with Gasteiger partial charge in [0.25, 0.3) is 0 Å². The maximum atomic E-state index is 13.1. The number of carbonyl (C=O) groups is 1. The molecule has 9 heteroatoms. The number of H-pyrrole nitrogens is 1. The predicted molar refractivity (Wildman–Crippen MR) is 134 cm³/mol. The standard InChI is InChI=1S/C26H35N7O2/c1-16-10-24(31-30-16)28-23-14-22(18-8-9-35-15-18)27-26(29-23)32(2)21-12-19-4-3-5-20(13-21)33(19)25(34)11-17-6-7-17/h8,10,14,17,19-21H,3-7,9,11-13,15H2,1-2H3,(H2,27,28,29,30,31)/t19-,20+,21?. The summed E-state index contributed by atoms with van der Waals surface area (Å²) in [5.74, 6) is 3.17. The molecule has 3 fully saturated rings. The number of aromatic amines is 1. The molecule has 9 nitrogen and oxygen atoms in total. The van der Waals surface area contributed by atoms with E-state index in [1.165, 1.54) is 19.3 Å². The molecule has 6 rings (SSSR count). The molecule has 1 aliphatic carbocycles. The summed E-state index contributed by atoms with van der Waals surface area (Å²) in [7, 11) is 2.10. The van der Waals surface area contributed by atoms with Crippen LogP contribution in [-0.4, -0.2) is 69.4 Å². The normalized spacial score (nSPS) is 25.9. The van der Waals surface area contributed by atoms with E-state index in [0.717, 1.165) is 54.9 Å². The van der Waals surface area contributed by atoms with Gasteiger partial charge in [0.15, 0.2) is 5.82 Å². The fourth-order valence-electron chi connectivity index (χ4n) is 5.91. The molecule has 2 N–H and O–H groups in total. The van der Waals surface area contributed by atoms with E-state index in [2.05, 4.69) is 38.4 Å². The number of ether oxygens (including phenoxy) is 1. The summed E-state index contributed by atoms with van der Waals surface area (Å²) in [6, 6.07) is 4.90. The number of amides is 1. The molecule has 2 bridgehead atoms. The van der Waals surface area contributed by atoms with E-state index < -0.39 is 0 Å². The third kappa shape index (κ3) is 4.78. The Morgan fingerprint density at radius 3 is 2.63 bits per heavy atom. The highest BCUT2D eigenvalue weighted by molar-refractivity contribution is 5.78. The summed E-state index contributed by atoms with van der Waals surface area (Å²) in [5, 5.41) is 10.6. The fourth-order valence-corrected chi connectivity index (χ4v) is 5.91. The van der Waals surface area contributed by atoms with Gasteiger partial charge in [0.2, 0.25) is 11.9 Å². The van der Waals surface area contributed by atoms with Crippen molar-refractivity contribution in [2.45, 2.75) is 76.4 Å². The molecule has 1 unspecified atom stereocenters. The van der Waals surface area contributed by atoms with E-state index in [9.17, 15) is 4.79 Å². The van der Waals surface area contributed by atoms with Gasteiger partial charge in [0.1, 0.15) is 5.82 Å². The first-order chi connectivity index (χ1) is 17.0. The molecule has 35 heavy (non-hydrogen) atoms. The van der Waals surface area contributed by atoms with Crippen LogP contribution in [0.4, 0.5) is 17.6 Å². The Balaban J connectivity index is 1.24. The molecule has 186 valence electrons. The Morgan fingerprint density at radius 2 is 1.97 bits per heavy atom. The topological polar surface area (TPSA) is 99.3 Å². The van der Waals surface area contributed by atoms with Gasteiger partial charge in [-0.25, -0.2) is 4.98 Å². The minimum atomic E-state index is 0.305. The molecule has 3 aliphatic heterocycles. The third-order valence-corrected chi connectivity index (χ3v) is 7.97. The van der Waals surface area contributed by atoms with E-state index in [1.54, 1.807) is 0 Å². The molecular formula is C26H35N7O2. The van der Waals surface area contributed by atoms with Crippen molar-refractivity contribution in [2.24, 2.45) is 5.92 Å². The van der Waals surface area contributed by atoms with E-state index >= 15 is 0 Å². The number of aryl methyl sites for hydroxylation is 1. The van der Waals surface area contributed by atoms with Crippen molar-refractivity contribution in [1.29, 1.82) is 0 Å². The molecule has 0 spiro atoms. The highest BCUT2D eigenvalue weighted by Crippen LogP contribution is 2.40. The first-order valence-electron chi connectivity index (χ1n) is 13.0. The van der Waals surface area contributed by atoms with Crippen molar-refractivity contribution in [2.75, 3.05) is 30.5 Å². The van der Waals surface area contributed by atoms with Gasteiger partial charge in [0, 0.05) is 55.0 Å². The number of hydrogen-bond donors (Lipinski definition) is 2. The molecular weight excluding hydrogens is 442 g/mol. The van der Waals surface area contributed by atoms with Gasteiger partial charge >= 0.3 is 0 Å². The summed E-state index contributed by atoms with van der Waals surface area (Å²) < 4.78 is 5.56. The molecule has 3 atom stereocenters. The Morgan fingerprint density at radius 1 is 1.17 bits per heavy atom. The maximum Gasteiger partial charge on any atom is 0.227 e. The first kappa shape index (κ1) is 22.5. The Labute approximate surface area is 206 Å². The van der Waals surface area contributed by atoms with Crippen molar-refractivity contribution >= 4 is 29.1 Å². The average molecular weight is 478 g/mol. The molecule has 0 radical (unpaired) electrons. The zero-order valence-electron chi connectivity index (χ0n) is 20.7. The second kappa shape index (κ2) is 9.26. The Hall–Kier alpha value is -2.94. The smallest absolute Gasteiger partial charge is 0.227 e. The van der Waals surface area contributed by atoms with E-state index in [0.29, 0.717) is 54.9 Å². The van der Waals surface area contributed by atoms with Crippen LogP contribution in [-0.2, 0) is 9.53 Å².